The van der Waals surface area contributed by atoms with Crippen LogP contribution in [0.3, 0.4) is 0 Å². The van der Waals surface area contributed by atoms with Gasteiger partial charge >= 0.3 is 0 Å². The zero-order chi connectivity index (χ0) is 17.7. The largest absolute Gasteiger partial charge is 0.355 e. The molecule has 1 heterocycles. The molecule has 130 valence electrons. The topological polar surface area (TPSA) is 59.8 Å². The Hall–Kier alpha value is -1.82. The van der Waals surface area contributed by atoms with Crippen molar-refractivity contribution in [1.29, 1.82) is 0 Å². The van der Waals surface area contributed by atoms with Crippen LogP contribution in [0.1, 0.15) is 33.3 Å². The molecule has 0 saturated carbocycles. The summed E-state index contributed by atoms with van der Waals surface area (Å²) in [6.45, 7) is 11.7. The lowest BCUT2D eigenvalue weighted by Gasteiger charge is -2.14. The van der Waals surface area contributed by atoms with Crippen LogP contribution in [0.15, 0.2) is 29.4 Å². The summed E-state index contributed by atoms with van der Waals surface area (Å²) in [5, 5.41) is 12.2. The second-order valence-electron chi connectivity index (χ2n) is 6.26. The Morgan fingerprint density at radius 3 is 2.58 bits per heavy atom. The molecule has 1 unspecified atom stereocenters. The maximum Gasteiger partial charge on any atom is 0.233 e. The minimum absolute atomic E-state index is 0.0387. The van der Waals surface area contributed by atoms with Gasteiger partial charge < -0.3 is 9.88 Å². The third-order valence-electron chi connectivity index (χ3n) is 3.75. The molecule has 24 heavy (non-hydrogen) atoms. The van der Waals surface area contributed by atoms with Crippen LogP contribution in [-0.4, -0.2) is 32.5 Å². The maximum absolute atomic E-state index is 12.2. The summed E-state index contributed by atoms with van der Waals surface area (Å²) in [5.41, 5.74) is 2.24. The van der Waals surface area contributed by atoms with E-state index in [-0.39, 0.29) is 11.2 Å². The second-order valence-corrected chi connectivity index (χ2v) is 7.57. The molecule has 0 fully saturated rings. The highest BCUT2D eigenvalue weighted by Gasteiger charge is 2.20. The number of nitrogens with one attached hydrogen (secondary N) is 1. The average molecular weight is 347 g/mol. The van der Waals surface area contributed by atoms with E-state index in [1.807, 2.05) is 19.1 Å². The Kier molecular flexibility index (Phi) is 6.43. The van der Waals surface area contributed by atoms with Crippen molar-refractivity contribution in [3.8, 4) is 11.4 Å². The van der Waals surface area contributed by atoms with Gasteiger partial charge in [0, 0.05) is 18.7 Å². The molecule has 1 N–H and O–H groups in total. The lowest BCUT2D eigenvalue weighted by molar-refractivity contribution is -0.120. The number of carbonyl (C=O) groups excluding carboxylic acids is 1. The first-order valence-electron chi connectivity index (χ1n) is 8.37. The van der Waals surface area contributed by atoms with Crippen molar-refractivity contribution >= 4 is 17.7 Å². The van der Waals surface area contributed by atoms with E-state index < -0.39 is 0 Å². The van der Waals surface area contributed by atoms with Gasteiger partial charge in [0.2, 0.25) is 5.91 Å². The zero-order valence-corrected chi connectivity index (χ0v) is 15.9. The van der Waals surface area contributed by atoms with E-state index in [0.717, 1.165) is 23.1 Å². The number of rotatable bonds is 7. The van der Waals surface area contributed by atoms with E-state index in [4.69, 9.17) is 0 Å². The summed E-state index contributed by atoms with van der Waals surface area (Å²) in [7, 11) is 0. The molecule has 0 bridgehead atoms. The molecule has 1 amide bonds. The molecule has 2 aromatic rings. The fourth-order valence-corrected chi connectivity index (χ4v) is 3.28. The molecule has 0 saturated heterocycles. The predicted octanol–water partition coefficient (Wildman–Crippen LogP) is 3.53. The van der Waals surface area contributed by atoms with Crippen molar-refractivity contribution in [1.82, 2.24) is 20.1 Å². The summed E-state index contributed by atoms with van der Waals surface area (Å²) in [4.78, 5) is 12.2. The number of aromatic nitrogens is 3. The van der Waals surface area contributed by atoms with Crippen LogP contribution in [-0.2, 0) is 11.3 Å². The van der Waals surface area contributed by atoms with Gasteiger partial charge in [-0.2, -0.15) is 0 Å². The number of nitrogens with zero attached hydrogens (tertiary/aromatic N) is 3. The van der Waals surface area contributed by atoms with Gasteiger partial charge in [-0.3, -0.25) is 4.79 Å². The van der Waals surface area contributed by atoms with Crippen LogP contribution >= 0.6 is 11.8 Å². The minimum atomic E-state index is -0.206. The Labute approximate surface area is 148 Å². The van der Waals surface area contributed by atoms with Gasteiger partial charge in [0.05, 0.1) is 5.25 Å². The first-order valence-corrected chi connectivity index (χ1v) is 9.25. The standard InChI is InChI=1S/C18H26N4OS/c1-6-22-16(15-10-8-7-9-13(15)4)20-21-18(22)24-14(5)17(23)19-11-12(2)3/h7-10,12,14H,6,11H2,1-5H3,(H,19,23). The van der Waals surface area contributed by atoms with Gasteiger partial charge in [0.25, 0.3) is 0 Å². The predicted molar refractivity (Wildman–Crippen MR) is 99.0 cm³/mol. The molecular formula is C18H26N4OS. The molecule has 5 nitrogen and oxygen atoms in total. The second kappa shape index (κ2) is 8.33. The Morgan fingerprint density at radius 1 is 1.25 bits per heavy atom. The van der Waals surface area contributed by atoms with Gasteiger partial charge in [-0.1, -0.05) is 49.9 Å². The third kappa shape index (κ3) is 4.38. The van der Waals surface area contributed by atoms with Gasteiger partial charge in [0.1, 0.15) is 0 Å². The molecule has 1 aromatic carbocycles. The first kappa shape index (κ1) is 18.5. The monoisotopic (exact) mass is 346 g/mol. The fourth-order valence-electron chi connectivity index (χ4n) is 2.34. The van der Waals surface area contributed by atoms with Crippen molar-refractivity contribution in [2.24, 2.45) is 5.92 Å². The van der Waals surface area contributed by atoms with E-state index in [0.29, 0.717) is 12.5 Å². The number of amides is 1. The van der Waals surface area contributed by atoms with Crippen molar-refractivity contribution in [2.45, 2.75) is 51.6 Å². The fraction of sp³-hybridized carbons (Fsp3) is 0.500. The lowest BCUT2D eigenvalue weighted by Crippen LogP contribution is -2.33. The third-order valence-corrected chi connectivity index (χ3v) is 4.84. The van der Waals surface area contributed by atoms with E-state index in [9.17, 15) is 4.79 Å². The van der Waals surface area contributed by atoms with Gasteiger partial charge in [-0.05, 0) is 32.3 Å². The number of benzene rings is 1. The highest BCUT2D eigenvalue weighted by atomic mass is 32.2. The van der Waals surface area contributed by atoms with Gasteiger partial charge in [-0.15, -0.1) is 10.2 Å². The van der Waals surface area contributed by atoms with Crippen LogP contribution in [0.4, 0.5) is 0 Å². The summed E-state index contributed by atoms with van der Waals surface area (Å²) >= 11 is 1.45. The Balaban J connectivity index is 2.18. The van der Waals surface area contributed by atoms with Crippen molar-refractivity contribution in [3.05, 3.63) is 29.8 Å². The van der Waals surface area contributed by atoms with Gasteiger partial charge in [0.15, 0.2) is 11.0 Å². The summed E-state index contributed by atoms with van der Waals surface area (Å²) in [5.74, 6) is 1.34. The molecule has 6 heteroatoms. The van der Waals surface area contributed by atoms with Crippen LogP contribution < -0.4 is 5.32 Å². The van der Waals surface area contributed by atoms with E-state index in [2.05, 4.69) is 59.9 Å². The number of hydrogen-bond donors (Lipinski definition) is 1. The maximum atomic E-state index is 12.2. The molecular weight excluding hydrogens is 320 g/mol. The number of thioether (sulfide) groups is 1. The normalized spacial score (nSPS) is 12.4. The SMILES string of the molecule is CCn1c(SC(C)C(=O)NCC(C)C)nnc1-c1ccccc1C. The van der Waals surface area contributed by atoms with Crippen molar-refractivity contribution in [3.63, 3.8) is 0 Å². The van der Waals surface area contributed by atoms with Gasteiger partial charge in [-0.25, -0.2) is 0 Å². The quantitative estimate of drug-likeness (QED) is 0.779. The molecule has 1 atom stereocenters. The van der Waals surface area contributed by atoms with Crippen LogP contribution in [0.5, 0.6) is 0 Å². The summed E-state index contributed by atoms with van der Waals surface area (Å²) in [6.07, 6.45) is 0. The van der Waals surface area contributed by atoms with E-state index >= 15 is 0 Å². The minimum Gasteiger partial charge on any atom is -0.355 e. The van der Waals surface area contributed by atoms with Crippen molar-refractivity contribution in [2.75, 3.05) is 6.54 Å². The summed E-state index contributed by atoms with van der Waals surface area (Å²) < 4.78 is 2.07. The number of carbonyl (C=O) groups is 1. The summed E-state index contributed by atoms with van der Waals surface area (Å²) in [6, 6.07) is 8.14. The van der Waals surface area contributed by atoms with Crippen molar-refractivity contribution < 1.29 is 4.79 Å². The number of aryl methyl sites for hydroxylation is 1. The van der Waals surface area contributed by atoms with Crippen LogP contribution in [0.2, 0.25) is 0 Å². The molecule has 0 aliphatic rings. The van der Waals surface area contributed by atoms with E-state index in [1.165, 1.54) is 17.3 Å². The Bertz CT molecular complexity index is 696. The van der Waals surface area contributed by atoms with Crippen LogP contribution in [0.25, 0.3) is 11.4 Å². The first-order chi connectivity index (χ1) is 11.4. The Morgan fingerprint density at radius 2 is 1.96 bits per heavy atom. The smallest absolute Gasteiger partial charge is 0.233 e. The lowest BCUT2D eigenvalue weighted by atomic mass is 10.1. The van der Waals surface area contributed by atoms with Crippen LogP contribution in [0, 0.1) is 12.8 Å². The number of hydrogen-bond acceptors (Lipinski definition) is 4. The highest BCUT2D eigenvalue weighted by Crippen LogP contribution is 2.28. The van der Waals surface area contributed by atoms with E-state index in [1.54, 1.807) is 0 Å². The zero-order valence-electron chi connectivity index (χ0n) is 15.0. The highest BCUT2D eigenvalue weighted by molar-refractivity contribution is 8.00. The molecule has 0 radical (unpaired) electrons. The molecule has 0 spiro atoms. The average Bonchev–Trinajstić information content (AvgIpc) is 2.95. The molecule has 0 aliphatic carbocycles. The molecule has 0 aliphatic heterocycles. The molecule has 2 rings (SSSR count). The molecule has 1 aromatic heterocycles.